The van der Waals surface area contributed by atoms with Crippen LogP contribution in [0.2, 0.25) is 0 Å². The molecule has 0 radical (unpaired) electrons. The monoisotopic (exact) mass is 365 g/mol. The normalized spacial score (nSPS) is 14.5. The third-order valence-corrected chi connectivity index (χ3v) is 5.44. The van der Waals surface area contributed by atoms with Crippen molar-refractivity contribution in [2.24, 2.45) is 7.05 Å². The summed E-state index contributed by atoms with van der Waals surface area (Å²) in [6.45, 7) is 0. The molecule has 4 aromatic rings. The molecule has 0 spiro atoms. The summed E-state index contributed by atoms with van der Waals surface area (Å²) in [6, 6.07) is 28.1. The van der Waals surface area contributed by atoms with Gasteiger partial charge in [0, 0.05) is 23.6 Å². The van der Waals surface area contributed by atoms with Crippen LogP contribution < -0.4 is 10.3 Å². The van der Waals surface area contributed by atoms with Crippen LogP contribution in [0.25, 0.3) is 17.0 Å². The Labute approximate surface area is 163 Å². The standard InChI is InChI=1S/C25H19NO2/c1-26-22-15-9-8-14-20(22)23-21(24(26)27)16-17-25(28-23,18-10-4-2-5-11-18)19-12-6-3-7-13-19/h2-17H,1H3. The van der Waals surface area contributed by atoms with Crippen molar-refractivity contribution in [3.05, 3.63) is 118 Å². The molecule has 0 aliphatic carbocycles. The van der Waals surface area contributed by atoms with Crippen LogP contribution >= 0.6 is 0 Å². The first-order valence-electron chi connectivity index (χ1n) is 9.32. The molecule has 0 atom stereocenters. The zero-order valence-corrected chi connectivity index (χ0v) is 15.5. The molecular formula is C25H19NO2. The first-order valence-corrected chi connectivity index (χ1v) is 9.32. The maximum Gasteiger partial charge on any atom is 0.261 e. The molecule has 28 heavy (non-hydrogen) atoms. The van der Waals surface area contributed by atoms with Crippen molar-refractivity contribution >= 4 is 17.0 Å². The van der Waals surface area contributed by atoms with Gasteiger partial charge in [0.25, 0.3) is 5.56 Å². The van der Waals surface area contributed by atoms with Crippen molar-refractivity contribution in [3.8, 4) is 5.75 Å². The molecule has 3 nitrogen and oxygen atoms in total. The largest absolute Gasteiger partial charge is 0.472 e. The Morgan fingerprint density at radius 3 is 2.00 bits per heavy atom. The van der Waals surface area contributed by atoms with Crippen LogP contribution in [0.4, 0.5) is 0 Å². The van der Waals surface area contributed by atoms with Crippen LogP contribution in [-0.4, -0.2) is 4.57 Å². The lowest BCUT2D eigenvalue weighted by Gasteiger charge is -2.36. The maximum atomic E-state index is 12.9. The third-order valence-electron chi connectivity index (χ3n) is 5.44. The summed E-state index contributed by atoms with van der Waals surface area (Å²) in [7, 11) is 1.80. The number of para-hydroxylation sites is 1. The summed E-state index contributed by atoms with van der Waals surface area (Å²) in [4.78, 5) is 12.9. The van der Waals surface area contributed by atoms with E-state index in [9.17, 15) is 4.79 Å². The van der Waals surface area contributed by atoms with Crippen molar-refractivity contribution in [1.82, 2.24) is 4.57 Å². The van der Waals surface area contributed by atoms with E-state index in [0.717, 1.165) is 22.0 Å². The molecule has 2 heterocycles. The summed E-state index contributed by atoms with van der Waals surface area (Å²) in [6.07, 6.45) is 3.91. The molecule has 0 saturated heterocycles. The quantitative estimate of drug-likeness (QED) is 0.507. The predicted octanol–water partition coefficient (Wildman–Crippen LogP) is 4.89. The van der Waals surface area contributed by atoms with Crippen molar-refractivity contribution in [3.63, 3.8) is 0 Å². The third kappa shape index (κ3) is 2.33. The van der Waals surface area contributed by atoms with E-state index in [1.807, 2.05) is 72.8 Å². The molecule has 1 aromatic heterocycles. The van der Waals surface area contributed by atoms with E-state index in [0.29, 0.717) is 11.3 Å². The summed E-state index contributed by atoms with van der Waals surface area (Å²) in [5.74, 6) is 0.633. The number of benzene rings is 3. The summed E-state index contributed by atoms with van der Waals surface area (Å²) < 4.78 is 8.42. The highest BCUT2D eigenvalue weighted by Gasteiger charge is 2.38. The van der Waals surface area contributed by atoms with Gasteiger partial charge in [-0.2, -0.15) is 0 Å². The van der Waals surface area contributed by atoms with E-state index in [1.54, 1.807) is 11.6 Å². The van der Waals surface area contributed by atoms with Crippen molar-refractivity contribution in [2.75, 3.05) is 0 Å². The Balaban J connectivity index is 1.84. The molecule has 0 unspecified atom stereocenters. The summed E-state index contributed by atoms with van der Waals surface area (Å²) in [5.41, 5.74) is 2.64. The lowest BCUT2D eigenvalue weighted by atomic mass is 9.83. The minimum Gasteiger partial charge on any atom is -0.472 e. The highest BCUT2D eigenvalue weighted by molar-refractivity contribution is 5.90. The fourth-order valence-electron chi connectivity index (χ4n) is 3.99. The molecule has 3 aromatic carbocycles. The molecule has 3 heteroatoms. The number of fused-ring (bicyclic) bond motifs is 3. The van der Waals surface area contributed by atoms with E-state index in [2.05, 4.69) is 24.3 Å². The average molecular weight is 365 g/mol. The zero-order chi connectivity index (χ0) is 19.1. The minimum absolute atomic E-state index is 0.0559. The Kier molecular flexibility index (Phi) is 3.69. The number of ether oxygens (including phenoxy) is 1. The van der Waals surface area contributed by atoms with Gasteiger partial charge in [-0.3, -0.25) is 4.79 Å². The second-order valence-corrected chi connectivity index (χ2v) is 7.03. The molecule has 0 N–H and O–H groups in total. The number of hydrogen-bond acceptors (Lipinski definition) is 2. The van der Waals surface area contributed by atoms with Gasteiger partial charge in [0.15, 0.2) is 5.60 Å². The molecule has 0 saturated carbocycles. The van der Waals surface area contributed by atoms with Gasteiger partial charge in [-0.25, -0.2) is 0 Å². The smallest absolute Gasteiger partial charge is 0.261 e. The number of nitrogens with zero attached hydrogens (tertiary/aromatic N) is 1. The fourth-order valence-corrected chi connectivity index (χ4v) is 3.99. The molecule has 0 fully saturated rings. The van der Waals surface area contributed by atoms with E-state index in [1.165, 1.54) is 0 Å². The molecule has 0 amide bonds. The van der Waals surface area contributed by atoms with Gasteiger partial charge in [0.05, 0.1) is 11.1 Å². The molecule has 136 valence electrons. The zero-order valence-electron chi connectivity index (χ0n) is 15.5. The number of rotatable bonds is 2. The van der Waals surface area contributed by atoms with Crippen LogP contribution in [0.15, 0.2) is 95.8 Å². The molecule has 0 bridgehead atoms. The summed E-state index contributed by atoms with van der Waals surface area (Å²) >= 11 is 0. The van der Waals surface area contributed by atoms with Crippen LogP contribution in [0.3, 0.4) is 0 Å². The highest BCUT2D eigenvalue weighted by atomic mass is 16.5. The Hall–Kier alpha value is -3.59. The minimum atomic E-state index is -0.787. The van der Waals surface area contributed by atoms with Crippen LogP contribution in [0, 0.1) is 0 Å². The second kappa shape index (κ2) is 6.24. The van der Waals surface area contributed by atoms with Crippen LogP contribution in [0.1, 0.15) is 16.7 Å². The van der Waals surface area contributed by atoms with E-state index < -0.39 is 5.60 Å². The fraction of sp³-hybridized carbons (Fsp3) is 0.0800. The Bertz CT molecular complexity index is 1210. The molecule has 5 rings (SSSR count). The first-order chi connectivity index (χ1) is 13.7. The van der Waals surface area contributed by atoms with Gasteiger partial charge in [-0.05, 0) is 24.3 Å². The van der Waals surface area contributed by atoms with Gasteiger partial charge in [-0.15, -0.1) is 0 Å². The first kappa shape index (κ1) is 16.6. The molecule has 1 aliphatic rings. The lowest BCUT2D eigenvalue weighted by molar-refractivity contribution is 0.163. The van der Waals surface area contributed by atoms with Gasteiger partial charge in [-0.1, -0.05) is 72.8 Å². The van der Waals surface area contributed by atoms with Gasteiger partial charge in [0.2, 0.25) is 0 Å². The average Bonchev–Trinajstić information content (AvgIpc) is 2.78. The highest BCUT2D eigenvalue weighted by Crippen LogP contribution is 2.43. The van der Waals surface area contributed by atoms with Gasteiger partial charge < -0.3 is 9.30 Å². The number of hydrogen-bond donors (Lipinski definition) is 0. The summed E-state index contributed by atoms with van der Waals surface area (Å²) in [5, 5.41) is 0.931. The van der Waals surface area contributed by atoms with Crippen molar-refractivity contribution < 1.29 is 4.74 Å². The van der Waals surface area contributed by atoms with Gasteiger partial charge >= 0.3 is 0 Å². The number of aromatic nitrogens is 1. The van der Waals surface area contributed by atoms with Crippen molar-refractivity contribution in [1.29, 1.82) is 0 Å². The predicted molar refractivity (Wildman–Crippen MR) is 113 cm³/mol. The lowest BCUT2D eigenvalue weighted by Crippen LogP contribution is -2.36. The van der Waals surface area contributed by atoms with E-state index in [4.69, 9.17) is 4.74 Å². The Morgan fingerprint density at radius 1 is 0.786 bits per heavy atom. The number of aryl methyl sites for hydroxylation is 1. The van der Waals surface area contributed by atoms with E-state index >= 15 is 0 Å². The topological polar surface area (TPSA) is 31.2 Å². The molecule has 1 aliphatic heterocycles. The van der Waals surface area contributed by atoms with Gasteiger partial charge in [0.1, 0.15) is 5.75 Å². The van der Waals surface area contributed by atoms with Crippen LogP contribution in [-0.2, 0) is 12.6 Å². The second-order valence-electron chi connectivity index (χ2n) is 7.03. The van der Waals surface area contributed by atoms with Crippen molar-refractivity contribution in [2.45, 2.75) is 5.60 Å². The Morgan fingerprint density at radius 2 is 1.36 bits per heavy atom. The maximum absolute atomic E-state index is 12.9. The molecular weight excluding hydrogens is 346 g/mol. The van der Waals surface area contributed by atoms with Crippen LogP contribution in [0.5, 0.6) is 5.75 Å². The number of pyridine rings is 1. The SMILES string of the molecule is Cn1c(=O)c2c(c3ccccc31)OC(c1ccccc1)(c1ccccc1)C=C2. The van der Waals surface area contributed by atoms with E-state index in [-0.39, 0.29) is 5.56 Å².